The van der Waals surface area contributed by atoms with Crippen molar-refractivity contribution in [2.45, 2.75) is 19.4 Å². The maximum Gasteiger partial charge on any atom is 0.308 e. The van der Waals surface area contributed by atoms with E-state index in [4.69, 9.17) is 14.2 Å². The van der Waals surface area contributed by atoms with Gasteiger partial charge in [0.05, 0.1) is 39.0 Å². The Hall–Kier alpha value is -0.650. The van der Waals surface area contributed by atoms with Gasteiger partial charge in [-0.3, -0.25) is 4.79 Å². The SMILES string of the molecule is CCOC(=O)CC1COCCO1.O. The number of esters is 1. The molecular formula is C8H16O5. The Balaban J connectivity index is 0.00000144. The molecule has 0 spiro atoms. The van der Waals surface area contributed by atoms with Crippen molar-refractivity contribution in [3.05, 3.63) is 0 Å². The van der Waals surface area contributed by atoms with Crippen LogP contribution in [0.5, 0.6) is 0 Å². The molecule has 1 unspecified atom stereocenters. The van der Waals surface area contributed by atoms with Crippen LogP contribution in [0.25, 0.3) is 0 Å². The van der Waals surface area contributed by atoms with E-state index in [1.54, 1.807) is 6.92 Å². The molecule has 1 aliphatic rings. The summed E-state index contributed by atoms with van der Waals surface area (Å²) in [6.45, 7) is 3.91. The van der Waals surface area contributed by atoms with Crippen molar-refractivity contribution in [3.63, 3.8) is 0 Å². The topological polar surface area (TPSA) is 76.3 Å². The molecule has 0 aromatic heterocycles. The molecule has 2 N–H and O–H groups in total. The number of hydrogen-bond acceptors (Lipinski definition) is 4. The fraction of sp³-hybridized carbons (Fsp3) is 0.875. The molecule has 0 aliphatic carbocycles. The minimum atomic E-state index is -0.215. The third-order valence-electron chi connectivity index (χ3n) is 1.58. The summed E-state index contributed by atoms with van der Waals surface area (Å²) in [6.07, 6.45) is 0.186. The Morgan fingerprint density at radius 1 is 1.54 bits per heavy atom. The van der Waals surface area contributed by atoms with E-state index in [0.717, 1.165) is 0 Å². The monoisotopic (exact) mass is 192 g/mol. The number of ether oxygens (including phenoxy) is 3. The number of carbonyl (C=O) groups is 1. The lowest BCUT2D eigenvalue weighted by Crippen LogP contribution is -2.31. The van der Waals surface area contributed by atoms with Crippen LogP contribution in [-0.2, 0) is 19.0 Å². The molecule has 0 radical (unpaired) electrons. The average Bonchev–Trinajstić information content (AvgIpc) is 2.06. The molecule has 13 heavy (non-hydrogen) atoms. The zero-order valence-corrected chi connectivity index (χ0v) is 7.75. The predicted molar refractivity (Wildman–Crippen MR) is 45.4 cm³/mol. The van der Waals surface area contributed by atoms with E-state index in [2.05, 4.69) is 0 Å². The second-order valence-electron chi connectivity index (χ2n) is 2.58. The standard InChI is InChI=1S/C8H14O4.H2O/c1-2-11-8(9)5-7-6-10-3-4-12-7;/h7H,2-6H2,1H3;1H2. The maximum absolute atomic E-state index is 11.0. The van der Waals surface area contributed by atoms with E-state index in [1.165, 1.54) is 0 Å². The van der Waals surface area contributed by atoms with Gasteiger partial charge < -0.3 is 19.7 Å². The van der Waals surface area contributed by atoms with Crippen molar-refractivity contribution in [1.29, 1.82) is 0 Å². The van der Waals surface area contributed by atoms with Gasteiger partial charge in [0.25, 0.3) is 0 Å². The van der Waals surface area contributed by atoms with Crippen LogP contribution in [-0.4, -0.2) is 44.0 Å². The van der Waals surface area contributed by atoms with Crippen LogP contribution >= 0.6 is 0 Å². The van der Waals surface area contributed by atoms with Gasteiger partial charge >= 0.3 is 5.97 Å². The molecule has 0 aromatic rings. The third kappa shape index (κ3) is 4.82. The highest BCUT2D eigenvalue weighted by Crippen LogP contribution is 2.05. The van der Waals surface area contributed by atoms with Crippen molar-refractivity contribution in [1.82, 2.24) is 0 Å². The fourth-order valence-electron chi connectivity index (χ4n) is 1.06. The predicted octanol–water partition coefficient (Wildman–Crippen LogP) is -0.470. The molecule has 1 rings (SSSR count). The Morgan fingerprint density at radius 2 is 2.31 bits per heavy atom. The lowest BCUT2D eigenvalue weighted by Gasteiger charge is -2.21. The molecule has 1 aliphatic heterocycles. The minimum Gasteiger partial charge on any atom is -0.466 e. The van der Waals surface area contributed by atoms with Gasteiger partial charge in [0.15, 0.2) is 0 Å². The van der Waals surface area contributed by atoms with Gasteiger partial charge in [-0.05, 0) is 6.92 Å². The molecule has 5 heteroatoms. The first-order chi connectivity index (χ1) is 5.83. The van der Waals surface area contributed by atoms with E-state index >= 15 is 0 Å². The van der Waals surface area contributed by atoms with Crippen LogP contribution in [0, 0.1) is 0 Å². The van der Waals surface area contributed by atoms with Crippen LogP contribution in [0.1, 0.15) is 13.3 Å². The second-order valence-corrected chi connectivity index (χ2v) is 2.58. The molecule has 0 amide bonds. The highest BCUT2D eigenvalue weighted by Gasteiger charge is 2.18. The lowest BCUT2D eigenvalue weighted by atomic mass is 10.2. The molecule has 78 valence electrons. The highest BCUT2D eigenvalue weighted by molar-refractivity contribution is 5.69. The Kier molecular flexibility index (Phi) is 6.48. The number of rotatable bonds is 3. The Labute approximate surface area is 77.3 Å². The first-order valence-corrected chi connectivity index (χ1v) is 4.18. The first kappa shape index (κ1) is 12.3. The van der Waals surface area contributed by atoms with Gasteiger partial charge in [-0.2, -0.15) is 0 Å². The molecule has 0 aromatic carbocycles. The largest absolute Gasteiger partial charge is 0.466 e. The lowest BCUT2D eigenvalue weighted by molar-refractivity contribution is -0.152. The zero-order valence-electron chi connectivity index (χ0n) is 7.75. The molecule has 5 nitrogen and oxygen atoms in total. The van der Waals surface area contributed by atoms with Crippen LogP contribution in [0.2, 0.25) is 0 Å². The molecule has 1 heterocycles. The van der Waals surface area contributed by atoms with Gasteiger partial charge in [-0.15, -0.1) is 0 Å². The normalized spacial score (nSPS) is 21.8. The van der Waals surface area contributed by atoms with E-state index in [1.807, 2.05) is 0 Å². The molecule has 0 bridgehead atoms. The van der Waals surface area contributed by atoms with E-state index in [9.17, 15) is 4.79 Å². The highest BCUT2D eigenvalue weighted by atomic mass is 16.6. The van der Waals surface area contributed by atoms with Gasteiger partial charge in [0.2, 0.25) is 0 Å². The smallest absolute Gasteiger partial charge is 0.308 e. The van der Waals surface area contributed by atoms with Crippen molar-refractivity contribution >= 4 is 5.97 Å². The van der Waals surface area contributed by atoms with E-state index in [0.29, 0.717) is 32.8 Å². The van der Waals surface area contributed by atoms with Gasteiger partial charge in [0.1, 0.15) is 0 Å². The Morgan fingerprint density at radius 3 is 2.85 bits per heavy atom. The summed E-state index contributed by atoms with van der Waals surface area (Å²) < 4.78 is 15.2. The van der Waals surface area contributed by atoms with Crippen LogP contribution in [0.4, 0.5) is 0 Å². The van der Waals surface area contributed by atoms with Gasteiger partial charge in [-0.25, -0.2) is 0 Å². The fourth-order valence-corrected chi connectivity index (χ4v) is 1.06. The summed E-state index contributed by atoms with van der Waals surface area (Å²) in [5, 5.41) is 0. The average molecular weight is 192 g/mol. The van der Waals surface area contributed by atoms with Crippen LogP contribution < -0.4 is 0 Å². The summed E-state index contributed by atoms with van der Waals surface area (Å²) in [5.41, 5.74) is 0. The van der Waals surface area contributed by atoms with E-state index < -0.39 is 0 Å². The molecule has 1 fully saturated rings. The quantitative estimate of drug-likeness (QED) is 0.566. The van der Waals surface area contributed by atoms with Crippen LogP contribution in [0.15, 0.2) is 0 Å². The number of hydrogen-bond donors (Lipinski definition) is 0. The molecule has 1 saturated heterocycles. The third-order valence-corrected chi connectivity index (χ3v) is 1.58. The molecular weight excluding hydrogens is 176 g/mol. The summed E-state index contributed by atoms with van der Waals surface area (Å²) >= 11 is 0. The second kappa shape index (κ2) is 6.82. The van der Waals surface area contributed by atoms with Gasteiger partial charge in [0, 0.05) is 0 Å². The van der Waals surface area contributed by atoms with Gasteiger partial charge in [-0.1, -0.05) is 0 Å². The van der Waals surface area contributed by atoms with Crippen molar-refractivity contribution in [2.24, 2.45) is 0 Å². The minimum absolute atomic E-state index is 0. The molecule has 0 saturated carbocycles. The summed E-state index contributed by atoms with van der Waals surface area (Å²) in [7, 11) is 0. The van der Waals surface area contributed by atoms with Crippen molar-refractivity contribution in [3.8, 4) is 0 Å². The van der Waals surface area contributed by atoms with Crippen molar-refractivity contribution < 1.29 is 24.5 Å². The molecule has 1 atom stereocenters. The number of carbonyl (C=O) groups excluding carboxylic acids is 1. The maximum atomic E-state index is 11.0. The first-order valence-electron chi connectivity index (χ1n) is 4.18. The summed E-state index contributed by atoms with van der Waals surface area (Å²) in [4.78, 5) is 11.0. The summed E-state index contributed by atoms with van der Waals surface area (Å²) in [6, 6.07) is 0. The Bertz CT molecular complexity index is 141. The van der Waals surface area contributed by atoms with Crippen molar-refractivity contribution in [2.75, 3.05) is 26.4 Å². The van der Waals surface area contributed by atoms with Crippen LogP contribution in [0.3, 0.4) is 0 Å². The van der Waals surface area contributed by atoms with E-state index in [-0.39, 0.29) is 17.5 Å². The zero-order chi connectivity index (χ0) is 8.81. The summed E-state index contributed by atoms with van der Waals surface area (Å²) in [5.74, 6) is -0.215.